The molecule has 1 saturated carbocycles. The molecule has 2 aromatic heterocycles. The lowest BCUT2D eigenvalue weighted by atomic mass is 9.78. The van der Waals surface area contributed by atoms with Crippen molar-refractivity contribution in [3.05, 3.63) is 41.3 Å². The van der Waals surface area contributed by atoms with Gasteiger partial charge in [0.1, 0.15) is 5.82 Å². The molecule has 1 aliphatic carbocycles. The number of aromatic nitrogens is 3. The van der Waals surface area contributed by atoms with Crippen LogP contribution in [0, 0.1) is 6.92 Å². The first-order chi connectivity index (χ1) is 10.5. The highest BCUT2D eigenvalue weighted by atomic mass is 35.5. The minimum absolute atomic E-state index is 0. The van der Waals surface area contributed by atoms with E-state index in [2.05, 4.69) is 26.8 Å². The van der Waals surface area contributed by atoms with Crippen LogP contribution in [0.5, 0.6) is 0 Å². The fraction of sp³-hybridized carbons (Fsp3) is 0.438. The summed E-state index contributed by atoms with van der Waals surface area (Å²) in [6.07, 6.45) is 5.64. The summed E-state index contributed by atoms with van der Waals surface area (Å²) in [6.45, 7) is 2.82. The molecule has 0 aliphatic heterocycles. The molecule has 0 unspecified atom stereocenters. The largest absolute Gasteiger partial charge is 0.368 e. The first-order valence-electron chi connectivity index (χ1n) is 7.53. The smallest absolute Gasteiger partial charge is 0.222 e. The van der Waals surface area contributed by atoms with E-state index in [1.165, 1.54) is 11.1 Å². The standard InChI is InChI=1S/C16H22N6.2ClH/c1-10-8-19-4-3-11(10)9-22(2)15-7-14(20-16(18)21-15)12-5-13(17)6-12;;/h3-4,7-8,12-13H,5-6,9,17H2,1-2H3,(H2,18,20,21);2*1H. The number of nitrogens with two attached hydrogens (primary N) is 2. The zero-order chi connectivity index (χ0) is 15.7. The van der Waals surface area contributed by atoms with E-state index >= 15 is 0 Å². The molecule has 8 heteroatoms. The van der Waals surface area contributed by atoms with Gasteiger partial charge in [0.05, 0.1) is 5.69 Å². The van der Waals surface area contributed by atoms with Crippen LogP contribution in [-0.4, -0.2) is 28.0 Å². The Morgan fingerprint density at radius 1 is 1.25 bits per heavy atom. The molecule has 132 valence electrons. The summed E-state index contributed by atoms with van der Waals surface area (Å²) in [4.78, 5) is 14.9. The molecule has 2 heterocycles. The van der Waals surface area contributed by atoms with Crippen LogP contribution in [-0.2, 0) is 6.54 Å². The van der Waals surface area contributed by atoms with Crippen LogP contribution in [0.4, 0.5) is 11.8 Å². The van der Waals surface area contributed by atoms with E-state index in [1.54, 1.807) is 0 Å². The lowest BCUT2D eigenvalue weighted by Gasteiger charge is -2.32. The van der Waals surface area contributed by atoms with Crippen molar-refractivity contribution < 1.29 is 0 Å². The van der Waals surface area contributed by atoms with Crippen LogP contribution in [0.15, 0.2) is 24.5 Å². The first kappa shape index (κ1) is 20.4. The minimum atomic E-state index is 0. The van der Waals surface area contributed by atoms with Gasteiger partial charge in [0, 0.05) is 44.0 Å². The maximum Gasteiger partial charge on any atom is 0.222 e. The van der Waals surface area contributed by atoms with Gasteiger partial charge in [-0.2, -0.15) is 4.98 Å². The molecule has 1 aliphatic rings. The highest BCUT2D eigenvalue weighted by Gasteiger charge is 2.29. The van der Waals surface area contributed by atoms with E-state index in [0.717, 1.165) is 30.9 Å². The maximum absolute atomic E-state index is 5.88. The Hall–Kier alpha value is -1.63. The predicted octanol–water partition coefficient (Wildman–Crippen LogP) is 2.45. The molecule has 3 rings (SSSR count). The Labute approximate surface area is 154 Å². The third-order valence-corrected chi connectivity index (χ3v) is 4.28. The fourth-order valence-corrected chi connectivity index (χ4v) is 2.80. The van der Waals surface area contributed by atoms with Crippen LogP contribution < -0.4 is 16.4 Å². The van der Waals surface area contributed by atoms with Gasteiger partial charge in [-0.1, -0.05) is 0 Å². The number of pyridine rings is 1. The summed E-state index contributed by atoms with van der Waals surface area (Å²) < 4.78 is 0. The molecular weight excluding hydrogens is 347 g/mol. The van der Waals surface area contributed by atoms with Gasteiger partial charge in [-0.15, -0.1) is 24.8 Å². The third-order valence-electron chi connectivity index (χ3n) is 4.28. The summed E-state index contributed by atoms with van der Waals surface area (Å²) in [6, 6.07) is 4.35. The van der Waals surface area contributed by atoms with Gasteiger partial charge >= 0.3 is 0 Å². The van der Waals surface area contributed by atoms with Crippen LogP contribution in [0.1, 0.15) is 35.6 Å². The lowest BCUT2D eigenvalue weighted by Crippen LogP contribution is -2.35. The number of anilines is 2. The van der Waals surface area contributed by atoms with Gasteiger partial charge in [0.15, 0.2) is 0 Å². The number of nitrogens with zero attached hydrogens (tertiary/aromatic N) is 4. The number of hydrogen-bond acceptors (Lipinski definition) is 6. The van der Waals surface area contributed by atoms with E-state index in [4.69, 9.17) is 11.5 Å². The molecule has 0 aromatic carbocycles. The molecule has 0 saturated heterocycles. The Morgan fingerprint density at radius 3 is 2.58 bits per heavy atom. The summed E-state index contributed by atoms with van der Waals surface area (Å²) in [5, 5.41) is 0. The minimum Gasteiger partial charge on any atom is -0.368 e. The van der Waals surface area contributed by atoms with Crippen molar-refractivity contribution in [3.8, 4) is 0 Å². The predicted molar refractivity (Wildman–Crippen MR) is 102 cm³/mol. The summed E-state index contributed by atoms with van der Waals surface area (Å²) in [5.74, 6) is 1.58. The second-order valence-electron chi connectivity index (χ2n) is 6.10. The number of nitrogen functional groups attached to an aromatic ring is 1. The van der Waals surface area contributed by atoms with E-state index < -0.39 is 0 Å². The number of hydrogen-bond donors (Lipinski definition) is 2. The van der Waals surface area contributed by atoms with Gasteiger partial charge < -0.3 is 16.4 Å². The van der Waals surface area contributed by atoms with Crippen LogP contribution in [0.2, 0.25) is 0 Å². The van der Waals surface area contributed by atoms with E-state index in [0.29, 0.717) is 17.9 Å². The van der Waals surface area contributed by atoms with Crippen molar-refractivity contribution in [2.45, 2.75) is 38.3 Å². The highest BCUT2D eigenvalue weighted by molar-refractivity contribution is 5.85. The molecule has 0 spiro atoms. The molecule has 6 nitrogen and oxygen atoms in total. The second-order valence-corrected chi connectivity index (χ2v) is 6.10. The third kappa shape index (κ3) is 4.47. The number of aryl methyl sites for hydroxylation is 1. The molecule has 0 atom stereocenters. The Bertz CT molecular complexity index is 675. The molecular formula is C16H24Cl2N6. The number of halogens is 2. The van der Waals surface area contributed by atoms with Gasteiger partial charge in [0.2, 0.25) is 5.95 Å². The van der Waals surface area contributed by atoms with Crippen LogP contribution >= 0.6 is 24.8 Å². The van der Waals surface area contributed by atoms with Crippen LogP contribution in [0.3, 0.4) is 0 Å². The Kier molecular flexibility index (Phi) is 7.20. The monoisotopic (exact) mass is 370 g/mol. The van der Waals surface area contributed by atoms with Gasteiger partial charge in [-0.05, 0) is 37.0 Å². The highest BCUT2D eigenvalue weighted by Crippen LogP contribution is 2.35. The zero-order valence-corrected chi connectivity index (χ0v) is 15.5. The first-order valence-corrected chi connectivity index (χ1v) is 7.53. The lowest BCUT2D eigenvalue weighted by molar-refractivity contribution is 0.345. The van der Waals surface area contributed by atoms with E-state index in [-0.39, 0.29) is 24.8 Å². The van der Waals surface area contributed by atoms with Gasteiger partial charge in [-0.3, -0.25) is 4.98 Å². The summed E-state index contributed by atoms with van der Waals surface area (Å²) in [5.41, 5.74) is 15.1. The normalized spacial score (nSPS) is 18.8. The average molecular weight is 371 g/mol. The average Bonchev–Trinajstić information content (AvgIpc) is 2.45. The second kappa shape index (κ2) is 8.46. The molecule has 0 amide bonds. The van der Waals surface area contributed by atoms with Crippen molar-refractivity contribution in [1.29, 1.82) is 0 Å². The van der Waals surface area contributed by atoms with Gasteiger partial charge in [0.25, 0.3) is 0 Å². The van der Waals surface area contributed by atoms with E-state index in [9.17, 15) is 0 Å². The van der Waals surface area contributed by atoms with Crippen molar-refractivity contribution in [2.24, 2.45) is 5.73 Å². The van der Waals surface area contributed by atoms with Crippen molar-refractivity contribution in [3.63, 3.8) is 0 Å². The van der Waals surface area contributed by atoms with E-state index in [1.807, 2.05) is 31.6 Å². The van der Waals surface area contributed by atoms with Crippen molar-refractivity contribution in [2.75, 3.05) is 17.7 Å². The maximum atomic E-state index is 5.88. The topological polar surface area (TPSA) is 94.0 Å². The Morgan fingerprint density at radius 2 is 1.96 bits per heavy atom. The van der Waals surface area contributed by atoms with Crippen LogP contribution in [0.25, 0.3) is 0 Å². The molecule has 1 fully saturated rings. The Balaban J connectivity index is 0.00000144. The molecule has 24 heavy (non-hydrogen) atoms. The number of rotatable bonds is 4. The SMILES string of the molecule is Cc1cnccc1CN(C)c1cc(C2CC(N)C2)nc(N)n1.Cl.Cl. The summed E-state index contributed by atoms with van der Waals surface area (Å²) >= 11 is 0. The molecule has 2 aromatic rings. The molecule has 0 radical (unpaired) electrons. The fourth-order valence-electron chi connectivity index (χ4n) is 2.80. The quantitative estimate of drug-likeness (QED) is 0.858. The molecule has 4 N–H and O–H groups in total. The zero-order valence-electron chi connectivity index (χ0n) is 13.8. The molecule has 0 bridgehead atoms. The van der Waals surface area contributed by atoms with Gasteiger partial charge in [-0.25, -0.2) is 4.98 Å². The van der Waals surface area contributed by atoms with Crippen molar-refractivity contribution in [1.82, 2.24) is 15.0 Å². The van der Waals surface area contributed by atoms with Crippen molar-refractivity contribution >= 4 is 36.6 Å². The summed E-state index contributed by atoms with van der Waals surface area (Å²) in [7, 11) is 2.01.